The van der Waals surface area contributed by atoms with Crippen LogP contribution in [-0.4, -0.2) is 32.1 Å². The van der Waals surface area contributed by atoms with E-state index in [2.05, 4.69) is 0 Å². The van der Waals surface area contributed by atoms with Crippen LogP contribution in [0, 0.1) is 0 Å². The van der Waals surface area contributed by atoms with Gasteiger partial charge in [0, 0.05) is 0 Å². The number of ether oxygens (including phenoxy) is 1. The van der Waals surface area contributed by atoms with Crippen LogP contribution in [0.2, 0.25) is 0 Å². The Hall–Kier alpha value is -0.0900. The van der Waals surface area contributed by atoms with E-state index in [0.717, 1.165) is 25.7 Å². The number of hydrogen-bond donors (Lipinski definition) is 0. The molecule has 1 atom stereocenters. The van der Waals surface area contributed by atoms with Gasteiger partial charge in [-0.15, -0.1) is 0 Å². The van der Waals surface area contributed by atoms with Gasteiger partial charge in [-0.05, 0) is 12.8 Å². The van der Waals surface area contributed by atoms with Gasteiger partial charge in [0.05, 0.1) is 23.7 Å². The lowest BCUT2D eigenvalue weighted by Crippen LogP contribution is -2.23. The van der Waals surface area contributed by atoms with E-state index in [4.69, 9.17) is 4.74 Å². The lowest BCUT2D eigenvalue weighted by molar-refractivity contribution is 0.422. The molecule has 12 heavy (non-hydrogen) atoms. The fraction of sp³-hybridized carbons (Fsp3) is 1.00. The Morgan fingerprint density at radius 2 is 1.83 bits per heavy atom. The van der Waals surface area contributed by atoms with Gasteiger partial charge in [0.1, 0.15) is 0 Å². The first-order valence-electron chi connectivity index (χ1n) is 4.52. The molecule has 0 amide bonds. The van der Waals surface area contributed by atoms with Gasteiger partial charge in [-0.3, -0.25) is 0 Å². The van der Waals surface area contributed by atoms with E-state index in [-0.39, 0.29) is 17.1 Å². The van der Waals surface area contributed by atoms with E-state index >= 15 is 0 Å². The van der Waals surface area contributed by atoms with Crippen molar-refractivity contribution in [3.63, 3.8) is 0 Å². The van der Waals surface area contributed by atoms with Crippen molar-refractivity contribution in [2.45, 2.75) is 37.0 Å². The molecule has 0 aromatic carbocycles. The Kier molecular flexibility index (Phi) is 2.12. The number of sulfone groups is 1. The largest absolute Gasteiger partial charge is 0.372 e. The molecule has 0 N–H and O–H groups in total. The van der Waals surface area contributed by atoms with Gasteiger partial charge in [-0.25, -0.2) is 8.42 Å². The number of epoxide rings is 1. The molecule has 4 heteroatoms. The first-order chi connectivity index (χ1) is 5.68. The third kappa shape index (κ3) is 1.80. The first-order valence-corrected chi connectivity index (χ1v) is 6.23. The molecule has 0 radical (unpaired) electrons. The zero-order valence-corrected chi connectivity index (χ0v) is 7.85. The second-order valence-corrected chi connectivity index (χ2v) is 6.02. The van der Waals surface area contributed by atoms with Gasteiger partial charge in [-0.2, -0.15) is 0 Å². The maximum Gasteiger partial charge on any atom is 0.155 e. The molecule has 2 fully saturated rings. The summed E-state index contributed by atoms with van der Waals surface area (Å²) in [6, 6.07) is 0. The Morgan fingerprint density at radius 3 is 2.33 bits per heavy atom. The average Bonchev–Trinajstić information content (AvgIpc) is 2.67. The molecule has 3 nitrogen and oxygen atoms in total. The zero-order valence-electron chi connectivity index (χ0n) is 7.03. The van der Waals surface area contributed by atoms with Gasteiger partial charge in [-0.1, -0.05) is 12.8 Å². The molecule has 1 aliphatic heterocycles. The molecule has 70 valence electrons. The van der Waals surface area contributed by atoms with Gasteiger partial charge >= 0.3 is 0 Å². The lowest BCUT2D eigenvalue weighted by Gasteiger charge is -2.08. The maximum absolute atomic E-state index is 11.6. The molecule has 0 aromatic heterocycles. The summed E-state index contributed by atoms with van der Waals surface area (Å²) in [4.78, 5) is 0. The van der Waals surface area contributed by atoms with Crippen LogP contribution in [0.5, 0.6) is 0 Å². The Balaban J connectivity index is 1.97. The van der Waals surface area contributed by atoms with Crippen molar-refractivity contribution in [2.75, 3.05) is 12.4 Å². The van der Waals surface area contributed by atoms with Crippen LogP contribution in [-0.2, 0) is 14.6 Å². The zero-order chi connectivity index (χ0) is 8.60. The van der Waals surface area contributed by atoms with Crippen LogP contribution < -0.4 is 0 Å². The van der Waals surface area contributed by atoms with Crippen LogP contribution in [0.25, 0.3) is 0 Å². The van der Waals surface area contributed by atoms with Crippen molar-refractivity contribution >= 4 is 9.84 Å². The predicted octanol–water partition coefficient (Wildman–Crippen LogP) is 0.743. The fourth-order valence-corrected chi connectivity index (χ4v) is 3.84. The van der Waals surface area contributed by atoms with Crippen LogP contribution in [0.3, 0.4) is 0 Å². The Labute approximate surface area is 73.0 Å². The number of hydrogen-bond acceptors (Lipinski definition) is 3. The van der Waals surface area contributed by atoms with Crippen molar-refractivity contribution in [3.8, 4) is 0 Å². The highest BCUT2D eigenvalue weighted by atomic mass is 32.2. The standard InChI is InChI=1S/C8H14O3S/c9-12(10,6-7-5-11-7)8-3-1-2-4-8/h7-8H,1-6H2. The van der Waals surface area contributed by atoms with E-state index < -0.39 is 9.84 Å². The maximum atomic E-state index is 11.6. The normalized spacial score (nSPS) is 30.8. The minimum atomic E-state index is -2.82. The fourth-order valence-electron chi connectivity index (χ4n) is 1.81. The van der Waals surface area contributed by atoms with Crippen molar-refractivity contribution < 1.29 is 13.2 Å². The van der Waals surface area contributed by atoms with Crippen LogP contribution in [0.15, 0.2) is 0 Å². The quantitative estimate of drug-likeness (QED) is 0.617. The van der Waals surface area contributed by atoms with Crippen LogP contribution in [0.1, 0.15) is 25.7 Å². The van der Waals surface area contributed by atoms with Crippen molar-refractivity contribution in [1.29, 1.82) is 0 Å². The average molecular weight is 190 g/mol. The third-order valence-electron chi connectivity index (χ3n) is 2.63. The summed E-state index contributed by atoms with van der Waals surface area (Å²) in [5.74, 6) is 0.262. The topological polar surface area (TPSA) is 46.7 Å². The predicted molar refractivity (Wildman–Crippen MR) is 45.8 cm³/mol. The lowest BCUT2D eigenvalue weighted by atomic mass is 10.4. The van der Waals surface area contributed by atoms with Crippen molar-refractivity contribution in [2.24, 2.45) is 0 Å². The van der Waals surface area contributed by atoms with E-state index in [0.29, 0.717) is 6.61 Å². The molecular formula is C8H14O3S. The SMILES string of the molecule is O=S(=O)(CC1CO1)C1CCCC1. The number of rotatable bonds is 3. The smallest absolute Gasteiger partial charge is 0.155 e. The Morgan fingerprint density at radius 1 is 1.25 bits per heavy atom. The summed E-state index contributed by atoms with van der Waals surface area (Å²) < 4.78 is 28.1. The first kappa shape index (κ1) is 8.51. The van der Waals surface area contributed by atoms with Crippen LogP contribution >= 0.6 is 0 Å². The highest BCUT2D eigenvalue weighted by Gasteiger charge is 2.35. The van der Waals surface area contributed by atoms with E-state index in [1.807, 2.05) is 0 Å². The molecule has 1 saturated heterocycles. The van der Waals surface area contributed by atoms with Gasteiger partial charge in [0.25, 0.3) is 0 Å². The molecule has 1 heterocycles. The summed E-state index contributed by atoms with van der Waals surface area (Å²) in [5.41, 5.74) is 0. The summed E-state index contributed by atoms with van der Waals surface area (Å²) in [6.45, 7) is 0.645. The minimum Gasteiger partial charge on any atom is -0.372 e. The highest BCUT2D eigenvalue weighted by molar-refractivity contribution is 7.92. The molecule has 2 rings (SSSR count). The minimum absolute atomic E-state index is 0.0237. The highest BCUT2D eigenvalue weighted by Crippen LogP contribution is 2.27. The van der Waals surface area contributed by atoms with Gasteiger partial charge in [0.2, 0.25) is 0 Å². The Bertz CT molecular complexity index is 247. The summed E-state index contributed by atoms with van der Waals surface area (Å²) in [7, 11) is -2.82. The van der Waals surface area contributed by atoms with Gasteiger partial charge < -0.3 is 4.74 Å². The molecular weight excluding hydrogens is 176 g/mol. The molecule has 0 aromatic rings. The summed E-state index contributed by atoms with van der Waals surface area (Å²) in [5, 5.41) is -0.0540. The van der Waals surface area contributed by atoms with Crippen molar-refractivity contribution in [1.82, 2.24) is 0 Å². The van der Waals surface area contributed by atoms with Crippen molar-refractivity contribution in [3.05, 3.63) is 0 Å². The summed E-state index contributed by atoms with van der Waals surface area (Å²) in [6.07, 6.45) is 3.92. The van der Waals surface area contributed by atoms with E-state index in [1.165, 1.54) is 0 Å². The molecule has 0 spiro atoms. The molecule has 0 bridgehead atoms. The van der Waals surface area contributed by atoms with Crippen LogP contribution in [0.4, 0.5) is 0 Å². The second kappa shape index (κ2) is 3.00. The second-order valence-electron chi connectivity index (χ2n) is 3.69. The third-order valence-corrected chi connectivity index (χ3v) is 4.95. The van der Waals surface area contributed by atoms with E-state index in [1.54, 1.807) is 0 Å². The molecule has 1 aliphatic carbocycles. The summed E-state index contributed by atoms with van der Waals surface area (Å²) >= 11 is 0. The molecule has 1 saturated carbocycles. The molecule has 1 unspecified atom stereocenters. The van der Waals surface area contributed by atoms with Gasteiger partial charge in [0.15, 0.2) is 9.84 Å². The monoisotopic (exact) mass is 190 g/mol. The molecule has 2 aliphatic rings. The van der Waals surface area contributed by atoms with E-state index in [9.17, 15) is 8.42 Å².